The highest BCUT2D eigenvalue weighted by Crippen LogP contribution is 2.39. The smallest absolute Gasteiger partial charge is 0.422 e. The second-order valence-corrected chi connectivity index (χ2v) is 9.38. The van der Waals surface area contributed by atoms with E-state index in [4.69, 9.17) is 4.74 Å². The van der Waals surface area contributed by atoms with Gasteiger partial charge in [0.15, 0.2) is 6.61 Å². The number of sulfonamides is 1. The number of benzene rings is 1. The largest absolute Gasteiger partial charge is 0.484 e. The maximum atomic E-state index is 13.5. The van der Waals surface area contributed by atoms with Crippen LogP contribution in [-0.4, -0.2) is 62.2 Å². The maximum Gasteiger partial charge on any atom is 0.422 e. The van der Waals surface area contributed by atoms with Crippen molar-refractivity contribution >= 4 is 33.4 Å². The number of amides is 2. The summed E-state index contributed by atoms with van der Waals surface area (Å²) in [6.45, 7) is -2.96. The lowest BCUT2D eigenvalue weighted by Crippen LogP contribution is -2.48. The molecule has 1 atom stereocenters. The summed E-state index contributed by atoms with van der Waals surface area (Å²) in [5.41, 5.74) is -0.497. The third-order valence-electron chi connectivity index (χ3n) is 4.72. The Labute approximate surface area is 201 Å². The molecule has 17 heteroatoms. The van der Waals surface area contributed by atoms with Gasteiger partial charge in [0.1, 0.15) is 16.7 Å². The van der Waals surface area contributed by atoms with Crippen molar-refractivity contribution in [1.82, 2.24) is 15.1 Å². The Bertz CT molecular complexity index is 1250. The Morgan fingerprint density at radius 1 is 1.31 bits per heavy atom. The van der Waals surface area contributed by atoms with Crippen molar-refractivity contribution in [2.75, 3.05) is 29.3 Å². The minimum absolute atomic E-state index is 0.0201. The Hall–Kier alpha value is -3.63. The first-order valence-corrected chi connectivity index (χ1v) is 11.5. The van der Waals surface area contributed by atoms with E-state index in [1.54, 1.807) is 0 Å². The monoisotopic (exact) mass is 541 g/mol. The Morgan fingerprint density at radius 3 is 2.58 bits per heavy atom. The topological polar surface area (TPSA) is 132 Å². The molecule has 0 fully saturated rings. The number of fused-ring (bicyclic) bond motifs is 1. The van der Waals surface area contributed by atoms with Gasteiger partial charge in [0.05, 0.1) is 30.7 Å². The van der Waals surface area contributed by atoms with E-state index in [0.717, 1.165) is 10.4 Å². The number of aryl methyl sites for hydroxylation is 1. The number of ether oxygens (including phenoxy) is 2. The van der Waals surface area contributed by atoms with E-state index in [-0.39, 0.29) is 40.6 Å². The number of carbonyl (C=O) groups excluding carboxylic acids is 2. The fourth-order valence-electron chi connectivity index (χ4n) is 3.22. The lowest BCUT2D eigenvalue weighted by molar-refractivity contribution is -0.159. The molecule has 0 saturated heterocycles. The summed E-state index contributed by atoms with van der Waals surface area (Å²) in [6.07, 6.45) is -6.44. The molecule has 2 amide bonds. The van der Waals surface area contributed by atoms with Crippen LogP contribution in [0.5, 0.6) is 5.75 Å². The number of rotatable bonds is 7. The molecular formula is C19H20F5N5O6S. The lowest BCUT2D eigenvalue weighted by Gasteiger charge is -2.35. The predicted octanol–water partition coefficient (Wildman–Crippen LogP) is 2.79. The van der Waals surface area contributed by atoms with Crippen molar-refractivity contribution in [1.29, 1.82) is 0 Å². The van der Waals surface area contributed by atoms with Crippen LogP contribution < -0.4 is 19.7 Å². The summed E-state index contributed by atoms with van der Waals surface area (Å²) in [4.78, 5) is 22.5. The van der Waals surface area contributed by atoms with Gasteiger partial charge in [0, 0.05) is 12.6 Å². The fraction of sp³-hybridized carbons (Fsp3) is 0.421. The molecule has 0 radical (unpaired) electrons. The number of hydrogen-bond acceptors (Lipinski definition) is 7. The van der Waals surface area contributed by atoms with E-state index < -0.39 is 52.4 Å². The molecule has 0 aliphatic carbocycles. The minimum Gasteiger partial charge on any atom is -0.484 e. The molecule has 3 rings (SSSR count). The highest BCUT2D eigenvalue weighted by atomic mass is 32.2. The Kier molecular flexibility index (Phi) is 7.61. The van der Waals surface area contributed by atoms with E-state index in [9.17, 15) is 40.0 Å². The van der Waals surface area contributed by atoms with Gasteiger partial charge in [-0.05, 0) is 25.1 Å². The van der Waals surface area contributed by atoms with Crippen LogP contribution in [0.1, 0.15) is 19.2 Å². The minimum atomic E-state index is -4.75. The quantitative estimate of drug-likeness (QED) is 0.516. The molecule has 36 heavy (non-hydrogen) atoms. The Morgan fingerprint density at radius 2 is 2.00 bits per heavy atom. The molecule has 1 aliphatic rings. The van der Waals surface area contributed by atoms with Gasteiger partial charge in [-0.1, -0.05) is 0 Å². The molecule has 1 aliphatic heterocycles. The van der Waals surface area contributed by atoms with Crippen LogP contribution in [0, 0.1) is 6.92 Å². The average molecular weight is 541 g/mol. The number of anilines is 2. The second kappa shape index (κ2) is 10.2. The highest BCUT2D eigenvalue weighted by molar-refractivity contribution is 7.92. The first kappa shape index (κ1) is 27.0. The zero-order valence-corrected chi connectivity index (χ0v) is 19.5. The van der Waals surface area contributed by atoms with Gasteiger partial charge >= 0.3 is 18.8 Å². The zero-order valence-electron chi connectivity index (χ0n) is 18.7. The van der Waals surface area contributed by atoms with E-state index in [1.165, 1.54) is 26.0 Å². The maximum absolute atomic E-state index is 13.5. The lowest BCUT2D eigenvalue weighted by atomic mass is 10.2. The molecule has 1 aromatic carbocycles. The van der Waals surface area contributed by atoms with Crippen molar-refractivity contribution in [3.8, 4) is 5.75 Å². The number of aromatic nitrogens is 2. The van der Waals surface area contributed by atoms with Crippen molar-refractivity contribution in [3.63, 3.8) is 0 Å². The predicted molar refractivity (Wildman–Crippen MR) is 113 cm³/mol. The molecule has 2 N–H and O–H groups in total. The summed E-state index contributed by atoms with van der Waals surface area (Å²) in [6, 6.07) is 3.56. The van der Waals surface area contributed by atoms with Crippen LogP contribution >= 0.6 is 0 Å². The summed E-state index contributed by atoms with van der Waals surface area (Å²) in [5, 5.41) is 8.04. The number of carbonyl (C=O) groups is 2. The summed E-state index contributed by atoms with van der Waals surface area (Å²) < 4.78 is 101. The summed E-state index contributed by atoms with van der Waals surface area (Å²) in [5.74, 6) is -0.432. The molecule has 0 saturated carbocycles. The first-order chi connectivity index (χ1) is 16.7. The standard InChI is InChI=1S/C19H20F5N5O6S/c1-10-16(8-28(27-10)17(20)21)36(32,33)29-7-13(6-25-11(2)30)35-15-4-3-12(5-14(15)29)26-18(31)34-9-19(22,23)24/h3-5,8,13,17H,6-7,9H2,1-2H3,(H,25,30)(H,26,31)/t13-/m0/s1. The molecule has 0 unspecified atom stereocenters. The van der Waals surface area contributed by atoms with E-state index in [1.807, 2.05) is 5.32 Å². The van der Waals surface area contributed by atoms with Gasteiger partial charge in [-0.2, -0.15) is 27.1 Å². The van der Waals surface area contributed by atoms with Crippen LogP contribution in [0.2, 0.25) is 0 Å². The first-order valence-electron chi connectivity index (χ1n) is 10.1. The number of alkyl halides is 5. The number of nitrogens with zero attached hydrogens (tertiary/aromatic N) is 3. The fourth-order valence-corrected chi connectivity index (χ4v) is 4.88. The average Bonchev–Trinajstić information content (AvgIpc) is 3.18. The second-order valence-electron chi connectivity index (χ2n) is 7.55. The molecule has 1 aromatic heterocycles. The van der Waals surface area contributed by atoms with Crippen LogP contribution in [-0.2, 0) is 19.6 Å². The molecule has 198 valence electrons. The van der Waals surface area contributed by atoms with Crippen LogP contribution in [0.15, 0.2) is 29.3 Å². The third-order valence-corrected chi connectivity index (χ3v) is 6.61. The molecule has 2 aromatic rings. The summed E-state index contributed by atoms with van der Waals surface area (Å²) in [7, 11) is -4.53. The van der Waals surface area contributed by atoms with E-state index in [2.05, 4.69) is 15.2 Å². The molecular weight excluding hydrogens is 521 g/mol. The van der Waals surface area contributed by atoms with Crippen LogP contribution in [0.4, 0.5) is 38.1 Å². The van der Waals surface area contributed by atoms with Crippen molar-refractivity contribution < 1.29 is 49.4 Å². The van der Waals surface area contributed by atoms with Crippen molar-refractivity contribution in [3.05, 3.63) is 30.1 Å². The van der Waals surface area contributed by atoms with Gasteiger partial charge in [-0.3, -0.25) is 14.4 Å². The van der Waals surface area contributed by atoms with Crippen molar-refractivity contribution in [2.45, 2.75) is 37.6 Å². The summed E-state index contributed by atoms with van der Waals surface area (Å²) >= 11 is 0. The highest BCUT2D eigenvalue weighted by Gasteiger charge is 2.37. The van der Waals surface area contributed by atoms with Crippen molar-refractivity contribution in [2.24, 2.45) is 0 Å². The van der Waals surface area contributed by atoms with Gasteiger partial charge in [-0.25, -0.2) is 17.9 Å². The van der Waals surface area contributed by atoms with Gasteiger partial charge in [-0.15, -0.1) is 0 Å². The Balaban J connectivity index is 1.97. The SMILES string of the molecule is CC(=O)NC[C@H]1CN(S(=O)(=O)c2cn(C(F)F)nc2C)c2cc(NC(=O)OCC(F)(F)F)ccc2O1. The molecule has 0 bridgehead atoms. The van der Waals surface area contributed by atoms with Gasteiger partial charge in [0.25, 0.3) is 10.0 Å². The number of hydrogen-bond donors (Lipinski definition) is 2. The molecule has 2 heterocycles. The number of nitrogens with one attached hydrogen (secondary N) is 2. The van der Waals surface area contributed by atoms with Gasteiger partial charge < -0.3 is 14.8 Å². The normalized spacial score (nSPS) is 15.8. The third kappa shape index (κ3) is 6.32. The van der Waals surface area contributed by atoms with Crippen LogP contribution in [0.3, 0.4) is 0 Å². The zero-order chi connectivity index (χ0) is 26.8. The number of halogens is 5. The van der Waals surface area contributed by atoms with Crippen LogP contribution in [0.25, 0.3) is 0 Å². The molecule has 0 spiro atoms. The van der Waals surface area contributed by atoms with Gasteiger partial charge in [0.2, 0.25) is 5.91 Å². The molecule has 11 nitrogen and oxygen atoms in total. The van der Waals surface area contributed by atoms with E-state index >= 15 is 0 Å². The van der Waals surface area contributed by atoms with E-state index in [0.29, 0.717) is 6.20 Å².